The van der Waals surface area contributed by atoms with Crippen molar-refractivity contribution in [3.63, 3.8) is 0 Å². The first-order valence-corrected chi connectivity index (χ1v) is 7.12. The summed E-state index contributed by atoms with van der Waals surface area (Å²) in [5.74, 6) is 2.26. The van der Waals surface area contributed by atoms with Crippen molar-refractivity contribution in [3.05, 3.63) is 11.6 Å². The third kappa shape index (κ3) is 2.66. The Balaban J connectivity index is 1.86. The van der Waals surface area contributed by atoms with Crippen molar-refractivity contribution < 1.29 is 0 Å². The van der Waals surface area contributed by atoms with E-state index >= 15 is 0 Å². The molecule has 2 heterocycles. The molecule has 2 atom stereocenters. The fourth-order valence-corrected chi connectivity index (χ4v) is 3.33. The lowest BCUT2D eigenvalue weighted by molar-refractivity contribution is 0.280. The Morgan fingerprint density at radius 3 is 2.68 bits per heavy atom. The van der Waals surface area contributed by atoms with Gasteiger partial charge in [-0.1, -0.05) is 13.8 Å². The molecule has 2 aromatic rings. The van der Waals surface area contributed by atoms with Crippen LogP contribution in [0.3, 0.4) is 0 Å². The molecule has 0 bridgehead atoms. The van der Waals surface area contributed by atoms with Gasteiger partial charge in [0, 0.05) is 6.04 Å². The summed E-state index contributed by atoms with van der Waals surface area (Å²) < 4.78 is 0. The molecular weight excluding hydrogens is 262 g/mol. The number of nitrogens with zero attached hydrogens (tertiary/aromatic N) is 3. The van der Waals surface area contributed by atoms with Crippen LogP contribution in [0.5, 0.6) is 0 Å². The summed E-state index contributed by atoms with van der Waals surface area (Å²) in [4.78, 5) is 15.6. The first kappa shape index (κ1) is 12.7. The molecule has 0 aromatic carbocycles. The highest BCUT2D eigenvalue weighted by Crippen LogP contribution is 2.31. The summed E-state index contributed by atoms with van der Waals surface area (Å²) >= 11 is 5.94. The molecule has 2 aromatic heterocycles. The van der Waals surface area contributed by atoms with E-state index in [4.69, 9.17) is 11.6 Å². The topological polar surface area (TPSA) is 66.5 Å². The second kappa shape index (κ2) is 4.96. The van der Waals surface area contributed by atoms with Crippen molar-refractivity contribution in [3.8, 4) is 0 Å². The number of hydrogen-bond acceptors (Lipinski definition) is 4. The summed E-state index contributed by atoms with van der Waals surface area (Å²) in [6.07, 6.45) is 5.26. The third-order valence-corrected chi connectivity index (χ3v) is 3.95. The van der Waals surface area contributed by atoms with Gasteiger partial charge in [-0.25, -0.2) is 4.98 Å². The highest BCUT2D eigenvalue weighted by atomic mass is 35.5. The van der Waals surface area contributed by atoms with Crippen LogP contribution >= 0.6 is 11.6 Å². The van der Waals surface area contributed by atoms with Gasteiger partial charge in [0.25, 0.3) is 0 Å². The average Bonchev–Trinajstić information content (AvgIpc) is 2.75. The van der Waals surface area contributed by atoms with Gasteiger partial charge >= 0.3 is 0 Å². The molecule has 102 valence electrons. The normalized spacial score (nSPS) is 27.6. The predicted molar refractivity (Wildman–Crippen MR) is 76.3 cm³/mol. The second-order valence-corrected chi connectivity index (χ2v) is 6.04. The van der Waals surface area contributed by atoms with Crippen molar-refractivity contribution in [2.45, 2.75) is 39.2 Å². The van der Waals surface area contributed by atoms with Gasteiger partial charge in [-0.2, -0.15) is 9.97 Å². The Morgan fingerprint density at radius 1 is 1.21 bits per heavy atom. The van der Waals surface area contributed by atoms with Crippen LogP contribution in [0, 0.1) is 11.8 Å². The number of aromatic amines is 1. The van der Waals surface area contributed by atoms with E-state index in [-0.39, 0.29) is 5.28 Å². The molecule has 1 aliphatic rings. The minimum absolute atomic E-state index is 0.235. The molecule has 0 amide bonds. The van der Waals surface area contributed by atoms with E-state index < -0.39 is 0 Å². The fraction of sp³-hybridized carbons (Fsp3) is 0.615. The first-order chi connectivity index (χ1) is 9.11. The smallest absolute Gasteiger partial charge is 0.226 e. The number of H-pyrrole nitrogens is 1. The van der Waals surface area contributed by atoms with Gasteiger partial charge in [0.15, 0.2) is 11.5 Å². The SMILES string of the molecule is CC1CC(C)CC(Nc2nc(Cl)nc3nc[nH]c23)C1. The van der Waals surface area contributed by atoms with Crippen LogP contribution in [0.4, 0.5) is 5.82 Å². The molecule has 19 heavy (non-hydrogen) atoms. The number of rotatable bonds is 2. The number of fused-ring (bicyclic) bond motifs is 1. The van der Waals surface area contributed by atoms with Crippen molar-refractivity contribution in [1.82, 2.24) is 19.9 Å². The maximum atomic E-state index is 5.94. The van der Waals surface area contributed by atoms with Gasteiger partial charge in [-0.3, -0.25) is 0 Å². The van der Waals surface area contributed by atoms with E-state index in [0.717, 1.165) is 23.2 Å². The summed E-state index contributed by atoms with van der Waals surface area (Å²) in [6, 6.07) is 0.441. The van der Waals surface area contributed by atoms with Crippen LogP contribution in [0.15, 0.2) is 6.33 Å². The number of imidazole rings is 1. The molecule has 6 heteroatoms. The van der Waals surface area contributed by atoms with Crippen LogP contribution in [-0.4, -0.2) is 26.0 Å². The molecule has 0 spiro atoms. The summed E-state index contributed by atoms with van der Waals surface area (Å²) in [5.41, 5.74) is 1.44. The zero-order valence-corrected chi connectivity index (χ0v) is 11.9. The van der Waals surface area contributed by atoms with Gasteiger partial charge in [-0.15, -0.1) is 0 Å². The van der Waals surface area contributed by atoms with E-state index in [0.29, 0.717) is 11.7 Å². The Labute approximate surface area is 117 Å². The molecule has 5 nitrogen and oxygen atoms in total. The zero-order valence-electron chi connectivity index (χ0n) is 11.2. The van der Waals surface area contributed by atoms with E-state index in [1.807, 2.05) is 0 Å². The van der Waals surface area contributed by atoms with Crippen molar-refractivity contribution in [1.29, 1.82) is 0 Å². The Bertz CT molecular complexity index is 571. The lowest BCUT2D eigenvalue weighted by Crippen LogP contribution is -2.30. The number of halogens is 1. The van der Waals surface area contributed by atoms with E-state index in [1.165, 1.54) is 19.3 Å². The molecular formula is C13H18ClN5. The van der Waals surface area contributed by atoms with Gasteiger partial charge in [0.05, 0.1) is 6.33 Å². The highest BCUT2D eigenvalue weighted by molar-refractivity contribution is 6.28. The first-order valence-electron chi connectivity index (χ1n) is 6.75. The zero-order chi connectivity index (χ0) is 13.4. The molecule has 2 N–H and O–H groups in total. The van der Waals surface area contributed by atoms with E-state index in [2.05, 4.69) is 39.1 Å². The maximum Gasteiger partial charge on any atom is 0.226 e. The number of aromatic nitrogens is 4. The van der Waals surface area contributed by atoms with Crippen LogP contribution in [0.1, 0.15) is 33.1 Å². The number of anilines is 1. The standard InChI is InChI=1S/C13H18ClN5/c1-7-3-8(2)5-9(4-7)17-12-10-11(16-6-15-10)18-13(14)19-12/h6-9H,3-5H2,1-2H3,(H2,15,16,17,18,19). The molecule has 2 unspecified atom stereocenters. The Hall–Kier alpha value is -1.36. The monoisotopic (exact) mass is 279 g/mol. The quantitative estimate of drug-likeness (QED) is 0.828. The minimum Gasteiger partial charge on any atom is -0.365 e. The largest absolute Gasteiger partial charge is 0.365 e. The second-order valence-electron chi connectivity index (χ2n) is 5.70. The molecule has 3 rings (SSSR count). The molecule has 1 aliphatic carbocycles. The van der Waals surface area contributed by atoms with Gasteiger partial charge in [-0.05, 0) is 42.7 Å². The highest BCUT2D eigenvalue weighted by Gasteiger charge is 2.24. The van der Waals surface area contributed by atoms with Gasteiger partial charge < -0.3 is 10.3 Å². The number of nitrogens with one attached hydrogen (secondary N) is 2. The molecule has 1 fully saturated rings. The van der Waals surface area contributed by atoms with Crippen LogP contribution in [-0.2, 0) is 0 Å². The minimum atomic E-state index is 0.235. The van der Waals surface area contributed by atoms with E-state index in [1.54, 1.807) is 6.33 Å². The molecule has 0 saturated heterocycles. The van der Waals surface area contributed by atoms with Crippen LogP contribution in [0.2, 0.25) is 5.28 Å². The summed E-state index contributed by atoms with van der Waals surface area (Å²) in [6.45, 7) is 4.62. The molecule has 0 radical (unpaired) electrons. The fourth-order valence-electron chi connectivity index (χ4n) is 3.17. The van der Waals surface area contributed by atoms with Crippen LogP contribution in [0.25, 0.3) is 11.2 Å². The predicted octanol–water partition coefficient (Wildman–Crippen LogP) is 3.24. The van der Waals surface area contributed by atoms with Crippen molar-refractivity contribution in [2.24, 2.45) is 11.8 Å². The maximum absolute atomic E-state index is 5.94. The summed E-state index contributed by atoms with van der Waals surface area (Å²) in [7, 11) is 0. The molecule has 1 saturated carbocycles. The van der Waals surface area contributed by atoms with Gasteiger partial charge in [0.2, 0.25) is 5.28 Å². The third-order valence-electron chi connectivity index (χ3n) is 3.78. The van der Waals surface area contributed by atoms with Crippen molar-refractivity contribution >= 4 is 28.6 Å². The lowest BCUT2D eigenvalue weighted by Gasteiger charge is -2.32. The van der Waals surface area contributed by atoms with Gasteiger partial charge in [0.1, 0.15) is 5.52 Å². The average molecular weight is 280 g/mol. The molecule has 0 aliphatic heterocycles. The van der Waals surface area contributed by atoms with Crippen LogP contribution < -0.4 is 5.32 Å². The number of hydrogen-bond donors (Lipinski definition) is 2. The Morgan fingerprint density at radius 2 is 1.95 bits per heavy atom. The van der Waals surface area contributed by atoms with E-state index in [9.17, 15) is 0 Å². The lowest BCUT2D eigenvalue weighted by atomic mass is 9.80. The Kier molecular flexibility index (Phi) is 3.31. The summed E-state index contributed by atoms with van der Waals surface area (Å²) in [5, 5.41) is 3.74. The van der Waals surface area contributed by atoms with Crippen molar-refractivity contribution in [2.75, 3.05) is 5.32 Å².